The Labute approximate surface area is 146 Å². The average Bonchev–Trinajstić information content (AvgIpc) is 3.09. The monoisotopic (exact) mass is 336 g/mol. The number of aryl methyl sites for hydroxylation is 2. The minimum absolute atomic E-state index is 0.233. The van der Waals surface area contributed by atoms with Gasteiger partial charge in [-0.2, -0.15) is 4.98 Å². The van der Waals surface area contributed by atoms with Gasteiger partial charge in [-0.3, -0.25) is 9.78 Å². The summed E-state index contributed by atoms with van der Waals surface area (Å²) in [6.45, 7) is 3.92. The third-order valence-corrected chi connectivity index (χ3v) is 3.79. The number of carbonyl (C=O) groups is 1. The smallest absolute Gasteiger partial charge is 0.253 e. The van der Waals surface area contributed by atoms with Gasteiger partial charge in [-0.25, -0.2) is 0 Å². The molecule has 1 aromatic carbocycles. The van der Waals surface area contributed by atoms with Crippen LogP contribution in [0.25, 0.3) is 0 Å². The summed E-state index contributed by atoms with van der Waals surface area (Å²) >= 11 is 0. The van der Waals surface area contributed by atoms with Crippen molar-refractivity contribution in [2.24, 2.45) is 0 Å². The summed E-state index contributed by atoms with van der Waals surface area (Å²) in [7, 11) is 0. The lowest BCUT2D eigenvalue weighted by Crippen LogP contribution is -2.30. The largest absolute Gasteiger partial charge is 0.339 e. The molecule has 0 saturated carbocycles. The number of carbonyl (C=O) groups excluding carboxylic acids is 1. The highest BCUT2D eigenvalue weighted by atomic mass is 16.5. The van der Waals surface area contributed by atoms with Crippen LogP contribution >= 0.6 is 0 Å². The van der Waals surface area contributed by atoms with Gasteiger partial charge in [0.1, 0.15) is 6.04 Å². The molecule has 0 aliphatic carbocycles. The molecule has 2 aromatic heterocycles. The first-order valence-corrected chi connectivity index (χ1v) is 8.28. The highest BCUT2D eigenvalue weighted by Gasteiger charge is 2.23. The van der Waals surface area contributed by atoms with Crippen LogP contribution in [0.5, 0.6) is 0 Å². The number of rotatable bonds is 6. The standard InChI is InChI=1S/C19H20N4O2/c1-3-7-16-21-18(23-25-16)17(14-8-5-4-6-9-14)22-19(24)15-11-10-13(2)20-12-15/h4-6,8-12,17H,3,7H2,1-2H3,(H,22,24)/t17-/m1/s1. The zero-order valence-corrected chi connectivity index (χ0v) is 14.3. The second kappa shape index (κ2) is 7.70. The van der Waals surface area contributed by atoms with Gasteiger partial charge in [-0.05, 0) is 31.0 Å². The number of benzene rings is 1. The number of pyridine rings is 1. The maximum Gasteiger partial charge on any atom is 0.253 e. The Kier molecular flexibility index (Phi) is 5.18. The molecule has 0 aliphatic heterocycles. The molecule has 0 unspecified atom stereocenters. The van der Waals surface area contributed by atoms with Crippen LogP contribution < -0.4 is 5.32 Å². The minimum Gasteiger partial charge on any atom is -0.339 e. The van der Waals surface area contributed by atoms with Gasteiger partial charge >= 0.3 is 0 Å². The van der Waals surface area contributed by atoms with Gasteiger partial charge < -0.3 is 9.84 Å². The number of hydrogen-bond acceptors (Lipinski definition) is 5. The van der Waals surface area contributed by atoms with Gasteiger partial charge in [0.2, 0.25) is 5.89 Å². The molecule has 0 radical (unpaired) electrons. The first-order valence-electron chi connectivity index (χ1n) is 8.28. The summed E-state index contributed by atoms with van der Waals surface area (Å²) in [6.07, 6.45) is 3.19. The van der Waals surface area contributed by atoms with Crippen LogP contribution in [0.4, 0.5) is 0 Å². The van der Waals surface area contributed by atoms with Gasteiger partial charge in [-0.1, -0.05) is 42.4 Å². The second-order valence-corrected chi connectivity index (χ2v) is 5.80. The summed E-state index contributed by atoms with van der Waals surface area (Å²) in [6, 6.07) is 12.7. The molecule has 6 nitrogen and oxygen atoms in total. The number of nitrogens with one attached hydrogen (secondary N) is 1. The Morgan fingerprint density at radius 1 is 1.20 bits per heavy atom. The average molecular weight is 336 g/mol. The second-order valence-electron chi connectivity index (χ2n) is 5.80. The fourth-order valence-electron chi connectivity index (χ4n) is 2.46. The molecule has 0 fully saturated rings. The predicted octanol–water partition coefficient (Wildman–Crippen LogP) is 3.24. The summed E-state index contributed by atoms with van der Waals surface area (Å²) in [5.74, 6) is 0.788. The summed E-state index contributed by atoms with van der Waals surface area (Å²) in [5.41, 5.74) is 2.24. The van der Waals surface area contributed by atoms with Gasteiger partial charge in [-0.15, -0.1) is 0 Å². The zero-order chi connectivity index (χ0) is 17.6. The van der Waals surface area contributed by atoms with E-state index in [4.69, 9.17) is 4.52 Å². The van der Waals surface area contributed by atoms with Crippen molar-refractivity contribution in [1.29, 1.82) is 0 Å². The van der Waals surface area contributed by atoms with Crippen molar-refractivity contribution in [2.75, 3.05) is 0 Å². The van der Waals surface area contributed by atoms with Crippen molar-refractivity contribution in [2.45, 2.75) is 32.7 Å². The van der Waals surface area contributed by atoms with E-state index in [0.29, 0.717) is 23.7 Å². The Morgan fingerprint density at radius 3 is 2.68 bits per heavy atom. The van der Waals surface area contributed by atoms with Crippen LogP contribution in [-0.4, -0.2) is 21.0 Å². The van der Waals surface area contributed by atoms with Crippen molar-refractivity contribution in [3.05, 3.63) is 77.2 Å². The lowest BCUT2D eigenvalue weighted by molar-refractivity contribution is 0.0941. The molecule has 1 atom stereocenters. The SMILES string of the molecule is CCCc1nc([C@H](NC(=O)c2ccc(C)nc2)c2ccccc2)no1. The van der Waals surface area contributed by atoms with E-state index in [1.807, 2.05) is 44.2 Å². The van der Waals surface area contributed by atoms with Crippen LogP contribution in [0.3, 0.4) is 0 Å². The lowest BCUT2D eigenvalue weighted by Gasteiger charge is -2.16. The van der Waals surface area contributed by atoms with Crippen molar-refractivity contribution in [3.63, 3.8) is 0 Å². The summed E-state index contributed by atoms with van der Waals surface area (Å²) in [5, 5.41) is 7.03. The maximum atomic E-state index is 12.6. The van der Waals surface area contributed by atoms with Crippen LogP contribution in [-0.2, 0) is 6.42 Å². The van der Waals surface area contributed by atoms with Crippen LogP contribution in [0, 0.1) is 6.92 Å². The first-order chi connectivity index (χ1) is 12.2. The Morgan fingerprint density at radius 2 is 2.00 bits per heavy atom. The molecule has 1 N–H and O–H groups in total. The molecule has 128 valence electrons. The molecule has 0 spiro atoms. The van der Waals surface area contributed by atoms with E-state index in [1.165, 1.54) is 0 Å². The van der Waals surface area contributed by atoms with Gasteiger partial charge in [0, 0.05) is 18.3 Å². The third-order valence-electron chi connectivity index (χ3n) is 3.79. The number of nitrogens with zero attached hydrogens (tertiary/aromatic N) is 3. The quantitative estimate of drug-likeness (QED) is 0.747. The molecule has 0 aliphatic rings. The maximum absolute atomic E-state index is 12.6. The molecular formula is C19H20N4O2. The van der Waals surface area contributed by atoms with Gasteiger partial charge in [0.25, 0.3) is 5.91 Å². The number of amides is 1. The molecule has 6 heteroatoms. The van der Waals surface area contributed by atoms with E-state index in [9.17, 15) is 4.79 Å². The van der Waals surface area contributed by atoms with E-state index in [1.54, 1.807) is 18.3 Å². The number of aromatic nitrogens is 3. The molecule has 25 heavy (non-hydrogen) atoms. The summed E-state index contributed by atoms with van der Waals surface area (Å²) in [4.78, 5) is 21.2. The van der Waals surface area contributed by atoms with Crippen molar-refractivity contribution < 1.29 is 9.32 Å². The van der Waals surface area contributed by atoms with Crippen molar-refractivity contribution in [1.82, 2.24) is 20.4 Å². The highest BCUT2D eigenvalue weighted by Crippen LogP contribution is 2.20. The summed E-state index contributed by atoms with van der Waals surface area (Å²) < 4.78 is 5.29. The fraction of sp³-hybridized carbons (Fsp3) is 0.263. The molecule has 1 amide bonds. The predicted molar refractivity (Wildman–Crippen MR) is 93.0 cm³/mol. The molecule has 0 saturated heterocycles. The molecule has 3 rings (SSSR count). The fourth-order valence-corrected chi connectivity index (χ4v) is 2.46. The van der Waals surface area contributed by atoms with E-state index in [2.05, 4.69) is 20.4 Å². The Bertz CT molecular complexity index is 828. The molecule has 0 bridgehead atoms. The molecule has 2 heterocycles. The molecular weight excluding hydrogens is 316 g/mol. The Balaban J connectivity index is 1.88. The van der Waals surface area contributed by atoms with E-state index < -0.39 is 6.04 Å². The number of hydrogen-bond donors (Lipinski definition) is 1. The Hall–Kier alpha value is -3.02. The van der Waals surface area contributed by atoms with Crippen LogP contribution in [0.15, 0.2) is 53.2 Å². The van der Waals surface area contributed by atoms with E-state index >= 15 is 0 Å². The lowest BCUT2D eigenvalue weighted by atomic mass is 10.1. The minimum atomic E-state index is -0.482. The van der Waals surface area contributed by atoms with Crippen molar-refractivity contribution in [3.8, 4) is 0 Å². The van der Waals surface area contributed by atoms with Crippen LogP contribution in [0.1, 0.15) is 52.7 Å². The first kappa shape index (κ1) is 16.8. The van der Waals surface area contributed by atoms with Gasteiger partial charge in [0.05, 0.1) is 5.56 Å². The topological polar surface area (TPSA) is 80.9 Å². The van der Waals surface area contributed by atoms with E-state index in [0.717, 1.165) is 17.7 Å². The van der Waals surface area contributed by atoms with Gasteiger partial charge in [0.15, 0.2) is 5.82 Å². The van der Waals surface area contributed by atoms with Crippen LogP contribution in [0.2, 0.25) is 0 Å². The normalized spacial score (nSPS) is 11.9. The van der Waals surface area contributed by atoms with E-state index in [-0.39, 0.29) is 5.91 Å². The highest BCUT2D eigenvalue weighted by molar-refractivity contribution is 5.94. The molecule has 3 aromatic rings. The third kappa shape index (κ3) is 4.09. The zero-order valence-electron chi connectivity index (χ0n) is 14.3. The van der Waals surface area contributed by atoms with Crippen molar-refractivity contribution >= 4 is 5.91 Å².